The second-order valence-electron chi connectivity index (χ2n) is 25.5. The summed E-state index contributed by atoms with van der Waals surface area (Å²) in [6.45, 7) is 3.69. The van der Waals surface area contributed by atoms with Gasteiger partial charge in [0, 0.05) is 19.4 Å². The fourth-order valence-corrected chi connectivity index (χ4v) is 11.9. The van der Waals surface area contributed by atoms with E-state index in [0.717, 1.165) is 89.9 Å². The Labute approximate surface area is 557 Å². The molecule has 2 unspecified atom stereocenters. The van der Waals surface area contributed by atoms with Gasteiger partial charge in [-0.2, -0.15) is 0 Å². The highest BCUT2D eigenvalue weighted by Crippen LogP contribution is 2.43. The van der Waals surface area contributed by atoms with E-state index in [1.807, 2.05) is 0 Å². The summed E-state index contributed by atoms with van der Waals surface area (Å²) >= 11 is 0. The summed E-state index contributed by atoms with van der Waals surface area (Å²) < 4.78 is 33.2. The van der Waals surface area contributed by atoms with E-state index in [4.69, 9.17) is 24.3 Å². The standard InChI is InChI=1S/C80H144NO8P/c1-3-5-7-9-11-13-15-17-19-21-23-25-27-29-31-33-35-36-37-38-39-40-41-42-43-45-47-49-51-53-55-57-59-61-63-65-67-69-71-73-80(83)89-78(77-88-90(84,85)87-75-74-81)76-86-79(82)72-70-68-66-64-62-60-58-56-54-52-50-48-46-44-34-32-30-28-26-24-22-20-18-16-14-12-10-8-6-4-2/h5,7,11,13,17,19,23,25,29,31,35-36,38-39,41-42,78H,3-4,6,8-10,12,14-16,18,20-22,24,26-28,30,32-34,37,40,43-77,81H2,1-2H3,(H,84,85)/b7-5-,13-11-,19-17-,25-23-,31-29-,36-35-,39-38-,42-41-. The second-order valence-corrected chi connectivity index (χ2v) is 27.0. The van der Waals surface area contributed by atoms with E-state index in [1.54, 1.807) is 0 Å². The zero-order valence-corrected chi connectivity index (χ0v) is 59.8. The number of unbranched alkanes of at least 4 members (excludes halogenated alkanes) is 43. The molecule has 0 aromatic rings. The Bertz CT molecular complexity index is 1800. The quantitative estimate of drug-likeness (QED) is 0.0264. The van der Waals surface area contributed by atoms with E-state index in [1.165, 1.54) is 244 Å². The first-order valence-corrected chi connectivity index (χ1v) is 39.7. The largest absolute Gasteiger partial charge is 0.472 e. The minimum Gasteiger partial charge on any atom is -0.462 e. The van der Waals surface area contributed by atoms with Crippen molar-refractivity contribution < 1.29 is 37.6 Å². The van der Waals surface area contributed by atoms with Crippen LogP contribution < -0.4 is 5.73 Å². The van der Waals surface area contributed by atoms with E-state index in [0.29, 0.717) is 6.42 Å². The second kappa shape index (κ2) is 75.0. The van der Waals surface area contributed by atoms with Crippen molar-refractivity contribution in [1.29, 1.82) is 0 Å². The molecule has 0 saturated heterocycles. The lowest BCUT2D eigenvalue weighted by molar-refractivity contribution is -0.161. The lowest BCUT2D eigenvalue weighted by Crippen LogP contribution is -2.29. The topological polar surface area (TPSA) is 134 Å². The Balaban J connectivity index is 3.84. The third-order valence-corrected chi connectivity index (χ3v) is 17.7. The third-order valence-electron chi connectivity index (χ3n) is 16.7. The van der Waals surface area contributed by atoms with Crippen LogP contribution in [0.4, 0.5) is 0 Å². The van der Waals surface area contributed by atoms with Gasteiger partial charge in [-0.15, -0.1) is 0 Å². The molecule has 2 atom stereocenters. The molecule has 0 aliphatic rings. The average Bonchev–Trinajstić information content (AvgIpc) is 3.75. The van der Waals surface area contributed by atoms with Crippen molar-refractivity contribution in [3.8, 4) is 0 Å². The first kappa shape index (κ1) is 86.9. The Hall–Kier alpha value is -3.07. The summed E-state index contributed by atoms with van der Waals surface area (Å²) in [5.74, 6) is -0.813. The summed E-state index contributed by atoms with van der Waals surface area (Å²) in [7, 11) is -4.40. The summed E-state index contributed by atoms with van der Waals surface area (Å²) in [5, 5.41) is 0. The van der Waals surface area contributed by atoms with Gasteiger partial charge < -0.3 is 20.1 Å². The molecule has 0 aromatic heterocycles. The number of phosphoric ester groups is 1. The van der Waals surface area contributed by atoms with Crippen LogP contribution in [-0.4, -0.2) is 49.3 Å². The first-order chi connectivity index (χ1) is 44.3. The van der Waals surface area contributed by atoms with Crippen LogP contribution in [0.2, 0.25) is 0 Å². The number of carbonyl (C=O) groups is 2. The summed E-state index contributed by atoms with van der Waals surface area (Å²) in [4.78, 5) is 35.4. The molecular formula is C80H144NO8P. The van der Waals surface area contributed by atoms with Crippen molar-refractivity contribution in [1.82, 2.24) is 0 Å². The van der Waals surface area contributed by atoms with Gasteiger partial charge in [-0.1, -0.05) is 374 Å². The highest BCUT2D eigenvalue weighted by molar-refractivity contribution is 7.47. The Morgan fingerprint density at radius 3 is 0.911 bits per heavy atom. The lowest BCUT2D eigenvalue weighted by Gasteiger charge is -2.19. The Morgan fingerprint density at radius 1 is 0.344 bits per heavy atom. The van der Waals surface area contributed by atoms with E-state index in [-0.39, 0.29) is 38.6 Å². The number of nitrogens with two attached hydrogens (primary N) is 1. The van der Waals surface area contributed by atoms with E-state index < -0.39 is 26.5 Å². The van der Waals surface area contributed by atoms with Gasteiger partial charge in [-0.05, 0) is 77.0 Å². The van der Waals surface area contributed by atoms with Crippen LogP contribution in [0, 0.1) is 0 Å². The summed E-state index contributed by atoms with van der Waals surface area (Å²) in [6.07, 6.45) is 102. The maximum atomic E-state index is 12.8. The van der Waals surface area contributed by atoms with E-state index in [2.05, 4.69) is 111 Å². The van der Waals surface area contributed by atoms with Crippen LogP contribution in [0.3, 0.4) is 0 Å². The summed E-state index contributed by atoms with van der Waals surface area (Å²) in [6, 6.07) is 0. The number of allylic oxidation sites excluding steroid dienone is 16. The predicted molar refractivity (Wildman–Crippen MR) is 390 cm³/mol. The number of hydrogen-bond donors (Lipinski definition) is 2. The third kappa shape index (κ3) is 74.0. The van der Waals surface area contributed by atoms with E-state index >= 15 is 0 Å². The lowest BCUT2D eigenvalue weighted by atomic mass is 10.0. The van der Waals surface area contributed by atoms with Gasteiger partial charge in [-0.25, -0.2) is 4.57 Å². The Kier molecular flexibility index (Phi) is 72.4. The van der Waals surface area contributed by atoms with E-state index in [9.17, 15) is 19.0 Å². The van der Waals surface area contributed by atoms with Crippen molar-refractivity contribution in [3.05, 3.63) is 97.2 Å². The number of carbonyl (C=O) groups excluding carboxylic acids is 2. The molecule has 9 nitrogen and oxygen atoms in total. The van der Waals surface area contributed by atoms with Crippen molar-refractivity contribution in [2.75, 3.05) is 26.4 Å². The fraction of sp³-hybridized carbons (Fsp3) is 0.775. The molecule has 0 radical (unpaired) electrons. The molecule has 0 aliphatic carbocycles. The highest BCUT2D eigenvalue weighted by atomic mass is 31.2. The number of esters is 2. The maximum absolute atomic E-state index is 12.8. The number of ether oxygens (including phenoxy) is 2. The molecule has 0 fully saturated rings. The fourth-order valence-electron chi connectivity index (χ4n) is 11.1. The van der Waals surface area contributed by atoms with Gasteiger partial charge in [0.1, 0.15) is 6.61 Å². The minimum absolute atomic E-state index is 0.0525. The normalized spacial score (nSPS) is 13.4. The van der Waals surface area contributed by atoms with Crippen molar-refractivity contribution in [2.24, 2.45) is 5.73 Å². The smallest absolute Gasteiger partial charge is 0.462 e. The number of hydrogen-bond acceptors (Lipinski definition) is 8. The van der Waals surface area contributed by atoms with Gasteiger partial charge in [0.15, 0.2) is 6.10 Å². The SMILES string of the molecule is CC/C=C\C/C=C\C/C=C\C/C=C\C/C=C\C/C=C\C/C=C\C/C=C\CCCCCCCCCCCCCCCCC(=O)OC(COC(=O)CCCCCCCCCCCCCCCCCCCCCCCCCCCCCCCC)COP(=O)(O)OCCN. The number of rotatable bonds is 72. The summed E-state index contributed by atoms with van der Waals surface area (Å²) in [5.41, 5.74) is 5.41. The van der Waals surface area contributed by atoms with Gasteiger partial charge >= 0.3 is 19.8 Å². The van der Waals surface area contributed by atoms with Crippen LogP contribution in [-0.2, 0) is 32.7 Å². The maximum Gasteiger partial charge on any atom is 0.472 e. The molecule has 10 heteroatoms. The van der Waals surface area contributed by atoms with Gasteiger partial charge in [0.05, 0.1) is 13.2 Å². The van der Waals surface area contributed by atoms with Crippen LogP contribution in [0.15, 0.2) is 97.2 Å². The molecule has 0 saturated carbocycles. The monoisotopic (exact) mass is 1280 g/mol. The van der Waals surface area contributed by atoms with Crippen LogP contribution in [0.1, 0.15) is 367 Å². The van der Waals surface area contributed by atoms with Gasteiger partial charge in [-0.3, -0.25) is 18.6 Å². The molecule has 3 N–H and O–H groups in total. The molecule has 0 aliphatic heterocycles. The van der Waals surface area contributed by atoms with Crippen LogP contribution >= 0.6 is 7.82 Å². The number of phosphoric acid groups is 1. The minimum atomic E-state index is -4.40. The molecule has 0 bridgehead atoms. The first-order valence-electron chi connectivity index (χ1n) is 38.2. The van der Waals surface area contributed by atoms with Crippen LogP contribution in [0.5, 0.6) is 0 Å². The van der Waals surface area contributed by atoms with Crippen molar-refractivity contribution in [2.45, 2.75) is 373 Å². The zero-order chi connectivity index (χ0) is 65.1. The van der Waals surface area contributed by atoms with Crippen molar-refractivity contribution >= 4 is 19.8 Å². The molecule has 522 valence electrons. The average molecular weight is 1280 g/mol. The molecule has 90 heavy (non-hydrogen) atoms. The Morgan fingerprint density at radius 2 is 0.611 bits per heavy atom. The molecule has 0 rings (SSSR count). The molecule has 0 spiro atoms. The molecule has 0 aromatic carbocycles. The van der Waals surface area contributed by atoms with Gasteiger partial charge in [0.2, 0.25) is 0 Å². The predicted octanol–water partition coefficient (Wildman–Crippen LogP) is 25.5. The van der Waals surface area contributed by atoms with Gasteiger partial charge in [0.25, 0.3) is 0 Å². The molecular weight excluding hydrogens is 1130 g/mol. The molecule has 0 amide bonds. The van der Waals surface area contributed by atoms with Crippen molar-refractivity contribution in [3.63, 3.8) is 0 Å². The highest BCUT2D eigenvalue weighted by Gasteiger charge is 2.26. The zero-order valence-electron chi connectivity index (χ0n) is 58.9. The van der Waals surface area contributed by atoms with Crippen LogP contribution in [0.25, 0.3) is 0 Å². The molecule has 0 heterocycles.